The summed E-state index contributed by atoms with van der Waals surface area (Å²) >= 11 is 0. The molecule has 0 aliphatic carbocycles. The smallest absolute Gasteiger partial charge is 0.241 e. The number of nitrogens with zero attached hydrogens (tertiary/aromatic N) is 4. The van der Waals surface area contributed by atoms with Crippen molar-refractivity contribution in [3.63, 3.8) is 0 Å². The van der Waals surface area contributed by atoms with E-state index in [0.29, 0.717) is 24.6 Å². The fourth-order valence-corrected chi connectivity index (χ4v) is 1.54. The van der Waals surface area contributed by atoms with E-state index < -0.39 is 0 Å². The zero-order valence-corrected chi connectivity index (χ0v) is 8.55. The molecule has 1 saturated heterocycles. The van der Waals surface area contributed by atoms with Crippen LogP contribution < -0.4 is 10.6 Å². The third kappa shape index (κ3) is 1.83. The highest BCUT2D eigenvalue weighted by Crippen LogP contribution is 2.19. The number of nitrogens with two attached hydrogens (primary N) is 1. The van der Waals surface area contributed by atoms with Gasteiger partial charge in [0, 0.05) is 20.1 Å². The molecular weight excluding hydrogens is 194 g/mol. The molecule has 0 spiro atoms. The van der Waals surface area contributed by atoms with E-state index in [4.69, 9.17) is 5.73 Å². The molecular formula is C9H13N5O. The average molecular weight is 207 g/mol. The summed E-state index contributed by atoms with van der Waals surface area (Å²) < 4.78 is 0. The third-order valence-corrected chi connectivity index (χ3v) is 2.48. The Morgan fingerprint density at radius 3 is 2.93 bits per heavy atom. The Morgan fingerprint density at radius 2 is 2.27 bits per heavy atom. The van der Waals surface area contributed by atoms with E-state index in [1.165, 1.54) is 6.33 Å². The quantitative estimate of drug-likeness (QED) is 0.661. The summed E-state index contributed by atoms with van der Waals surface area (Å²) in [5, 5.41) is 0. The van der Waals surface area contributed by atoms with Gasteiger partial charge in [0.2, 0.25) is 5.91 Å². The van der Waals surface area contributed by atoms with Gasteiger partial charge in [-0.3, -0.25) is 4.79 Å². The fraction of sp³-hybridized carbons (Fsp3) is 0.444. The van der Waals surface area contributed by atoms with E-state index in [9.17, 15) is 4.79 Å². The standard InChI is InChI=1S/C9H13N5O/c1-13-2-3-14(5-8(13)15)9-7(10)4-11-6-12-9/h4,6H,2-3,5,10H2,1H3. The monoisotopic (exact) mass is 207 g/mol. The number of nitrogen functional groups attached to an aromatic ring is 1. The molecule has 2 rings (SSSR count). The normalized spacial score (nSPS) is 17.0. The van der Waals surface area contributed by atoms with Crippen molar-refractivity contribution < 1.29 is 4.79 Å². The minimum atomic E-state index is 0.0827. The molecule has 2 heterocycles. The Bertz CT molecular complexity index is 381. The number of piperazine rings is 1. The van der Waals surface area contributed by atoms with Gasteiger partial charge in [0.1, 0.15) is 6.33 Å². The topological polar surface area (TPSA) is 75.3 Å². The van der Waals surface area contributed by atoms with Gasteiger partial charge in [-0.15, -0.1) is 0 Å². The minimum Gasteiger partial charge on any atom is -0.394 e. The number of amides is 1. The molecule has 80 valence electrons. The Morgan fingerprint density at radius 1 is 1.47 bits per heavy atom. The summed E-state index contributed by atoms with van der Waals surface area (Å²) in [6.07, 6.45) is 2.99. The van der Waals surface area contributed by atoms with Gasteiger partial charge in [-0.25, -0.2) is 9.97 Å². The van der Waals surface area contributed by atoms with Crippen molar-refractivity contribution in [2.24, 2.45) is 0 Å². The van der Waals surface area contributed by atoms with Crippen molar-refractivity contribution in [3.05, 3.63) is 12.5 Å². The molecule has 1 aromatic heterocycles. The molecule has 0 aromatic carbocycles. The molecule has 6 nitrogen and oxygen atoms in total. The number of carbonyl (C=O) groups excluding carboxylic acids is 1. The second kappa shape index (κ2) is 3.72. The molecule has 1 aliphatic rings. The van der Waals surface area contributed by atoms with Crippen molar-refractivity contribution in [1.29, 1.82) is 0 Å². The van der Waals surface area contributed by atoms with Crippen LogP contribution in [0.5, 0.6) is 0 Å². The number of carbonyl (C=O) groups is 1. The van der Waals surface area contributed by atoms with Gasteiger partial charge < -0.3 is 15.5 Å². The highest BCUT2D eigenvalue weighted by Gasteiger charge is 2.22. The van der Waals surface area contributed by atoms with Crippen LogP contribution in [0.3, 0.4) is 0 Å². The molecule has 0 unspecified atom stereocenters. The second-order valence-corrected chi connectivity index (χ2v) is 3.54. The first-order valence-corrected chi connectivity index (χ1v) is 4.73. The summed E-state index contributed by atoms with van der Waals surface area (Å²) in [7, 11) is 1.79. The number of likely N-dealkylation sites (N-methyl/N-ethyl adjacent to an activating group) is 1. The van der Waals surface area contributed by atoms with Crippen molar-refractivity contribution >= 4 is 17.4 Å². The van der Waals surface area contributed by atoms with Gasteiger partial charge >= 0.3 is 0 Å². The molecule has 0 bridgehead atoms. The van der Waals surface area contributed by atoms with Crippen LogP contribution in [0, 0.1) is 0 Å². The molecule has 0 radical (unpaired) electrons. The highest BCUT2D eigenvalue weighted by atomic mass is 16.2. The summed E-state index contributed by atoms with van der Waals surface area (Å²) in [5.74, 6) is 0.728. The van der Waals surface area contributed by atoms with Gasteiger partial charge in [-0.05, 0) is 0 Å². The summed E-state index contributed by atoms with van der Waals surface area (Å²) in [6.45, 7) is 1.78. The maximum absolute atomic E-state index is 11.5. The number of anilines is 2. The Hall–Kier alpha value is -1.85. The van der Waals surface area contributed by atoms with E-state index >= 15 is 0 Å². The first kappa shape index (κ1) is 9.70. The minimum absolute atomic E-state index is 0.0827. The zero-order valence-electron chi connectivity index (χ0n) is 8.55. The molecule has 1 fully saturated rings. The van der Waals surface area contributed by atoms with Crippen molar-refractivity contribution in [3.8, 4) is 0 Å². The lowest BCUT2D eigenvalue weighted by atomic mass is 10.3. The van der Waals surface area contributed by atoms with E-state index in [1.807, 2.05) is 4.90 Å². The maximum Gasteiger partial charge on any atom is 0.241 e. The molecule has 0 atom stereocenters. The molecule has 6 heteroatoms. The van der Waals surface area contributed by atoms with E-state index in [-0.39, 0.29) is 5.91 Å². The van der Waals surface area contributed by atoms with E-state index in [2.05, 4.69) is 9.97 Å². The van der Waals surface area contributed by atoms with Crippen LogP contribution in [0.2, 0.25) is 0 Å². The predicted octanol–water partition coefficient (Wildman–Crippen LogP) is -0.663. The van der Waals surface area contributed by atoms with E-state index in [0.717, 1.165) is 6.54 Å². The van der Waals surface area contributed by atoms with Crippen LogP contribution >= 0.6 is 0 Å². The van der Waals surface area contributed by atoms with Crippen LogP contribution in [0.25, 0.3) is 0 Å². The van der Waals surface area contributed by atoms with Crippen LogP contribution in [-0.2, 0) is 4.79 Å². The van der Waals surface area contributed by atoms with Crippen molar-refractivity contribution in [2.45, 2.75) is 0 Å². The Labute approximate surface area is 87.7 Å². The first-order valence-electron chi connectivity index (χ1n) is 4.73. The van der Waals surface area contributed by atoms with Crippen LogP contribution in [-0.4, -0.2) is 47.5 Å². The maximum atomic E-state index is 11.5. The van der Waals surface area contributed by atoms with E-state index in [1.54, 1.807) is 18.1 Å². The number of rotatable bonds is 1. The van der Waals surface area contributed by atoms with Gasteiger partial charge in [-0.2, -0.15) is 0 Å². The SMILES string of the molecule is CN1CCN(c2ncncc2N)CC1=O. The van der Waals surface area contributed by atoms with Gasteiger partial charge in [0.05, 0.1) is 18.4 Å². The average Bonchev–Trinajstić information content (AvgIpc) is 2.23. The number of hydrogen-bond acceptors (Lipinski definition) is 5. The zero-order chi connectivity index (χ0) is 10.8. The Balaban J connectivity index is 2.19. The third-order valence-electron chi connectivity index (χ3n) is 2.48. The lowest BCUT2D eigenvalue weighted by Gasteiger charge is -2.32. The molecule has 15 heavy (non-hydrogen) atoms. The molecule has 2 N–H and O–H groups in total. The van der Waals surface area contributed by atoms with Crippen LogP contribution in [0.15, 0.2) is 12.5 Å². The second-order valence-electron chi connectivity index (χ2n) is 3.54. The fourth-order valence-electron chi connectivity index (χ4n) is 1.54. The van der Waals surface area contributed by atoms with Gasteiger partial charge in [-0.1, -0.05) is 0 Å². The van der Waals surface area contributed by atoms with Crippen LogP contribution in [0.1, 0.15) is 0 Å². The largest absolute Gasteiger partial charge is 0.394 e. The number of aromatic nitrogens is 2. The lowest BCUT2D eigenvalue weighted by molar-refractivity contribution is -0.129. The van der Waals surface area contributed by atoms with Crippen molar-refractivity contribution in [2.75, 3.05) is 37.3 Å². The van der Waals surface area contributed by atoms with Gasteiger partial charge in [0.25, 0.3) is 0 Å². The molecule has 0 saturated carbocycles. The predicted molar refractivity (Wildman–Crippen MR) is 56.3 cm³/mol. The van der Waals surface area contributed by atoms with Crippen molar-refractivity contribution in [1.82, 2.24) is 14.9 Å². The Kier molecular flexibility index (Phi) is 2.40. The first-order chi connectivity index (χ1) is 7.18. The number of hydrogen-bond donors (Lipinski definition) is 1. The molecule has 1 amide bonds. The lowest BCUT2D eigenvalue weighted by Crippen LogP contribution is -2.49. The summed E-state index contributed by atoms with van der Waals surface area (Å²) in [6, 6.07) is 0. The molecule has 1 aromatic rings. The van der Waals surface area contributed by atoms with Gasteiger partial charge in [0.15, 0.2) is 5.82 Å². The molecule has 1 aliphatic heterocycles. The highest BCUT2D eigenvalue weighted by molar-refractivity contribution is 5.83. The summed E-state index contributed by atoms with van der Waals surface area (Å²) in [5.41, 5.74) is 6.25. The summed E-state index contributed by atoms with van der Waals surface area (Å²) in [4.78, 5) is 23.0. The van der Waals surface area contributed by atoms with Crippen LogP contribution in [0.4, 0.5) is 11.5 Å².